The van der Waals surface area contributed by atoms with Crippen LogP contribution in [0, 0.1) is 0 Å². The van der Waals surface area contributed by atoms with Gasteiger partial charge >= 0.3 is 0 Å². The number of hydrogen-bond donors (Lipinski definition) is 2. The highest BCUT2D eigenvalue weighted by atomic mass is 14.6. The van der Waals surface area contributed by atoms with E-state index in [0.29, 0.717) is 6.04 Å². The minimum Gasteiger partial charge on any atom is -0.330 e. The molecule has 0 aromatic rings. The Kier molecular flexibility index (Phi) is 11.9. The molecule has 0 amide bonds. The lowest BCUT2D eigenvalue weighted by Gasteiger charge is -2.09. The van der Waals surface area contributed by atoms with E-state index in [4.69, 9.17) is 11.5 Å². The van der Waals surface area contributed by atoms with Gasteiger partial charge in [-0.1, -0.05) is 51.9 Å². The first-order valence-corrected chi connectivity index (χ1v) is 6.77. The molecular weight excluding hydrogens is 184 g/mol. The average Bonchev–Trinajstić information content (AvgIpc) is 2.22. The molecule has 0 aromatic carbocycles. The Morgan fingerprint density at radius 2 is 1.33 bits per heavy atom. The second kappa shape index (κ2) is 12.0. The highest BCUT2D eigenvalue weighted by Crippen LogP contribution is 2.10. The highest BCUT2D eigenvalue weighted by molar-refractivity contribution is 4.60. The van der Waals surface area contributed by atoms with Crippen LogP contribution in [0.4, 0.5) is 0 Å². The fourth-order valence-corrected chi connectivity index (χ4v) is 1.95. The monoisotopic (exact) mass is 214 g/mol. The van der Waals surface area contributed by atoms with Gasteiger partial charge in [0, 0.05) is 6.04 Å². The van der Waals surface area contributed by atoms with E-state index >= 15 is 0 Å². The SMILES string of the molecule is CCCC(N)CCCCCCCCCN. The molecule has 0 aliphatic carbocycles. The summed E-state index contributed by atoms with van der Waals surface area (Å²) >= 11 is 0. The van der Waals surface area contributed by atoms with E-state index in [2.05, 4.69) is 6.92 Å². The van der Waals surface area contributed by atoms with Crippen LogP contribution in [0.1, 0.15) is 71.1 Å². The minimum absolute atomic E-state index is 0.451. The van der Waals surface area contributed by atoms with Gasteiger partial charge in [0.25, 0.3) is 0 Å². The minimum atomic E-state index is 0.451. The molecule has 0 heterocycles. The molecule has 15 heavy (non-hydrogen) atoms. The van der Waals surface area contributed by atoms with Crippen molar-refractivity contribution in [3.63, 3.8) is 0 Å². The fourth-order valence-electron chi connectivity index (χ4n) is 1.95. The maximum atomic E-state index is 5.95. The summed E-state index contributed by atoms with van der Waals surface area (Å²) in [5.41, 5.74) is 11.4. The van der Waals surface area contributed by atoms with Crippen molar-refractivity contribution in [2.45, 2.75) is 77.2 Å². The lowest BCUT2D eigenvalue weighted by Crippen LogP contribution is -2.18. The normalized spacial score (nSPS) is 13.0. The third-order valence-electron chi connectivity index (χ3n) is 2.94. The summed E-state index contributed by atoms with van der Waals surface area (Å²) in [6.07, 6.45) is 12.9. The standard InChI is InChI=1S/C13H30N2/c1-2-10-13(15)11-8-6-4-3-5-7-9-12-14/h13H,2-12,14-15H2,1H3. The van der Waals surface area contributed by atoms with Crippen LogP contribution in [0.25, 0.3) is 0 Å². The molecule has 2 heteroatoms. The summed E-state index contributed by atoms with van der Waals surface area (Å²) in [7, 11) is 0. The Morgan fingerprint density at radius 3 is 1.87 bits per heavy atom. The van der Waals surface area contributed by atoms with Crippen LogP contribution in [0.2, 0.25) is 0 Å². The van der Waals surface area contributed by atoms with Crippen LogP contribution in [0.3, 0.4) is 0 Å². The average molecular weight is 214 g/mol. The highest BCUT2D eigenvalue weighted by Gasteiger charge is 1.99. The molecule has 0 aromatic heterocycles. The van der Waals surface area contributed by atoms with Crippen LogP contribution in [-0.4, -0.2) is 12.6 Å². The second-order valence-corrected chi connectivity index (χ2v) is 4.60. The number of rotatable bonds is 11. The maximum Gasteiger partial charge on any atom is 0.00387 e. The first-order valence-electron chi connectivity index (χ1n) is 6.77. The van der Waals surface area contributed by atoms with Gasteiger partial charge < -0.3 is 11.5 Å². The van der Waals surface area contributed by atoms with Gasteiger partial charge in [0.1, 0.15) is 0 Å². The molecule has 92 valence electrons. The number of hydrogen-bond acceptors (Lipinski definition) is 2. The summed E-state index contributed by atoms with van der Waals surface area (Å²) in [4.78, 5) is 0. The summed E-state index contributed by atoms with van der Waals surface area (Å²) in [5, 5.41) is 0. The zero-order valence-corrected chi connectivity index (χ0v) is 10.5. The van der Waals surface area contributed by atoms with Gasteiger partial charge in [0.15, 0.2) is 0 Å². The van der Waals surface area contributed by atoms with Crippen molar-refractivity contribution in [2.24, 2.45) is 11.5 Å². The van der Waals surface area contributed by atoms with Crippen molar-refractivity contribution in [2.75, 3.05) is 6.54 Å². The third kappa shape index (κ3) is 11.8. The van der Waals surface area contributed by atoms with Crippen molar-refractivity contribution < 1.29 is 0 Å². The van der Waals surface area contributed by atoms with Gasteiger partial charge in [-0.2, -0.15) is 0 Å². The van der Waals surface area contributed by atoms with Gasteiger partial charge in [0.05, 0.1) is 0 Å². The molecule has 0 saturated carbocycles. The van der Waals surface area contributed by atoms with E-state index in [9.17, 15) is 0 Å². The Balaban J connectivity index is 2.98. The molecule has 0 aliphatic heterocycles. The largest absolute Gasteiger partial charge is 0.330 e. The summed E-state index contributed by atoms with van der Waals surface area (Å²) < 4.78 is 0. The number of nitrogens with two attached hydrogens (primary N) is 2. The predicted octanol–water partition coefficient (Wildman–Crippen LogP) is 3.19. The smallest absolute Gasteiger partial charge is 0.00387 e. The van der Waals surface area contributed by atoms with Gasteiger partial charge in [-0.05, 0) is 25.8 Å². The van der Waals surface area contributed by atoms with E-state index in [1.807, 2.05) is 0 Å². The zero-order valence-electron chi connectivity index (χ0n) is 10.5. The lowest BCUT2D eigenvalue weighted by atomic mass is 10.0. The fraction of sp³-hybridized carbons (Fsp3) is 1.00. The summed E-state index contributed by atoms with van der Waals surface area (Å²) in [6.45, 7) is 3.06. The first kappa shape index (κ1) is 14.9. The van der Waals surface area contributed by atoms with Crippen LogP contribution < -0.4 is 11.5 Å². The molecule has 0 bridgehead atoms. The maximum absolute atomic E-state index is 5.95. The molecule has 0 rings (SSSR count). The topological polar surface area (TPSA) is 52.0 Å². The van der Waals surface area contributed by atoms with Gasteiger partial charge in [-0.15, -0.1) is 0 Å². The molecule has 4 N–H and O–H groups in total. The predicted molar refractivity (Wildman–Crippen MR) is 68.9 cm³/mol. The molecule has 0 saturated heterocycles. The quantitative estimate of drug-likeness (QED) is 0.519. The van der Waals surface area contributed by atoms with E-state index in [-0.39, 0.29) is 0 Å². The molecule has 0 aliphatic rings. The van der Waals surface area contributed by atoms with Crippen molar-refractivity contribution in [1.29, 1.82) is 0 Å². The van der Waals surface area contributed by atoms with E-state index in [1.165, 1.54) is 64.2 Å². The molecule has 0 spiro atoms. The van der Waals surface area contributed by atoms with Crippen LogP contribution in [-0.2, 0) is 0 Å². The van der Waals surface area contributed by atoms with Crippen molar-refractivity contribution in [1.82, 2.24) is 0 Å². The zero-order chi connectivity index (χ0) is 11.4. The first-order chi connectivity index (χ1) is 7.31. The van der Waals surface area contributed by atoms with Gasteiger partial charge in [-0.3, -0.25) is 0 Å². The molecule has 1 atom stereocenters. The van der Waals surface area contributed by atoms with Crippen LogP contribution >= 0.6 is 0 Å². The molecular formula is C13H30N2. The van der Waals surface area contributed by atoms with Crippen LogP contribution in [0.5, 0.6) is 0 Å². The molecule has 1 unspecified atom stereocenters. The second-order valence-electron chi connectivity index (χ2n) is 4.60. The Morgan fingerprint density at radius 1 is 0.800 bits per heavy atom. The molecule has 2 nitrogen and oxygen atoms in total. The molecule has 0 fully saturated rings. The van der Waals surface area contributed by atoms with Crippen LogP contribution in [0.15, 0.2) is 0 Å². The Bertz CT molecular complexity index is 115. The number of unbranched alkanes of at least 4 members (excludes halogenated alkanes) is 6. The van der Waals surface area contributed by atoms with Crippen molar-refractivity contribution >= 4 is 0 Å². The van der Waals surface area contributed by atoms with Crippen molar-refractivity contribution in [3.8, 4) is 0 Å². The molecule has 0 radical (unpaired) electrons. The Labute approximate surface area is 95.8 Å². The summed E-state index contributed by atoms with van der Waals surface area (Å²) in [6, 6.07) is 0.451. The van der Waals surface area contributed by atoms with E-state index in [1.54, 1.807) is 0 Å². The summed E-state index contributed by atoms with van der Waals surface area (Å²) in [5.74, 6) is 0. The van der Waals surface area contributed by atoms with E-state index in [0.717, 1.165) is 6.54 Å². The lowest BCUT2D eigenvalue weighted by molar-refractivity contribution is 0.505. The van der Waals surface area contributed by atoms with Gasteiger partial charge in [-0.25, -0.2) is 0 Å². The van der Waals surface area contributed by atoms with Crippen molar-refractivity contribution in [3.05, 3.63) is 0 Å². The third-order valence-corrected chi connectivity index (χ3v) is 2.94. The Hall–Kier alpha value is -0.0800. The van der Waals surface area contributed by atoms with E-state index < -0.39 is 0 Å². The van der Waals surface area contributed by atoms with Gasteiger partial charge in [0.2, 0.25) is 0 Å².